The molecule has 2 amide bonds. The number of likely N-dealkylation sites (N-methyl/N-ethyl adjacent to an activating group) is 1. The molecule has 26 heavy (non-hydrogen) atoms. The summed E-state index contributed by atoms with van der Waals surface area (Å²) in [7, 11) is 1.47. The minimum atomic E-state index is -0.448. The van der Waals surface area contributed by atoms with Crippen LogP contribution in [0.4, 0.5) is 5.69 Å². The van der Waals surface area contributed by atoms with Crippen LogP contribution in [-0.4, -0.2) is 36.9 Å². The molecule has 0 aromatic heterocycles. The van der Waals surface area contributed by atoms with Crippen LogP contribution in [0.25, 0.3) is 0 Å². The highest BCUT2D eigenvalue weighted by Crippen LogP contribution is 2.30. The lowest BCUT2D eigenvalue weighted by Gasteiger charge is -2.18. The fraction of sp³-hybridized carbons (Fsp3) is 0.176. The van der Waals surface area contributed by atoms with Gasteiger partial charge in [-0.2, -0.15) is 0 Å². The van der Waals surface area contributed by atoms with E-state index in [1.807, 2.05) is 0 Å². The first-order valence-electron chi connectivity index (χ1n) is 7.33. The van der Waals surface area contributed by atoms with Crippen LogP contribution >= 0.6 is 46.4 Å². The molecule has 5 nitrogen and oxygen atoms in total. The fourth-order valence-corrected chi connectivity index (χ4v) is 2.76. The summed E-state index contributed by atoms with van der Waals surface area (Å²) in [5.41, 5.74) is 0.295. The summed E-state index contributed by atoms with van der Waals surface area (Å²) in [5, 5.41) is 3.95. The van der Waals surface area contributed by atoms with Gasteiger partial charge in [-0.3, -0.25) is 9.59 Å². The first-order valence-corrected chi connectivity index (χ1v) is 8.85. The summed E-state index contributed by atoms with van der Waals surface area (Å²) in [5.74, 6) is -0.577. The van der Waals surface area contributed by atoms with E-state index in [4.69, 9.17) is 51.1 Å². The van der Waals surface area contributed by atoms with Crippen molar-refractivity contribution in [1.29, 1.82) is 0 Å². The Labute approximate surface area is 170 Å². The number of nitrogens with zero attached hydrogens (tertiary/aromatic N) is 1. The molecule has 9 heteroatoms. The highest BCUT2D eigenvalue weighted by Gasteiger charge is 2.16. The second-order valence-corrected chi connectivity index (χ2v) is 6.92. The number of carbonyl (C=O) groups excluding carboxylic acids is 2. The van der Waals surface area contributed by atoms with Crippen LogP contribution in [0.1, 0.15) is 0 Å². The predicted octanol–water partition coefficient (Wildman–Crippen LogP) is 4.78. The van der Waals surface area contributed by atoms with E-state index in [2.05, 4.69) is 5.32 Å². The summed E-state index contributed by atoms with van der Waals surface area (Å²) in [4.78, 5) is 25.4. The van der Waals surface area contributed by atoms with Crippen LogP contribution in [0.15, 0.2) is 36.4 Å². The third-order valence-electron chi connectivity index (χ3n) is 3.28. The number of carbonyl (C=O) groups is 2. The molecule has 0 saturated carbocycles. The molecule has 0 bridgehead atoms. The van der Waals surface area contributed by atoms with E-state index in [9.17, 15) is 9.59 Å². The zero-order chi connectivity index (χ0) is 19.3. The Hall–Kier alpha value is -1.66. The first-order chi connectivity index (χ1) is 12.3. The van der Waals surface area contributed by atoms with Crippen LogP contribution in [-0.2, 0) is 9.59 Å². The highest BCUT2D eigenvalue weighted by molar-refractivity contribution is 6.39. The lowest BCUT2D eigenvalue weighted by Crippen LogP contribution is -2.37. The van der Waals surface area contributed by atoms with E-state index < -0.39 is 11.8 Å². The summed E-state index contributed by atoms with van der Waals surface area (Å²) in [6.45, 7) is -0.496. The lowest BCUT2D eigenvalue weighted by atomic mass is 10.3. The molecule has 1 N–H and O–H groups in total. The third-order valence-corrected chi connectivity index (χ3v) is 4.46. The number of benzene rings is 2. The quantitative estimate of drug-likeness (QED) is 0.710. The van der Waals surface area contributed by atoms with Crippen LogP contribution < -0.4 is 10.1 Å². The van der Waals surface area contributed by atoms with Crippen LogP contribution in [0, 0.1) is 0 Å². The Kier molecular flexibility index (Phi) is 7.41. The predicted molar refractivity (Wildman–Crippen MR) is 105 cm³/mol. The lowest BCUT2D eigenvalue weighted by molar-refractivity contribution is -0.135. The van der Waals surface area contributed by atoms with Gasteiger partial charge >= 0.3 is 0 Å². The van der Waals surface area contributed by atoms with Crippen molar-refractivity contribution in [3.8, 4) is 5.75 Å². The van der Waals surface area contributed by atoms with Crippen molar-refractivity contribution in [2.75, 3.05) is 25.5 Å². The van der Waals surface area contributed by atoms with E-state index in [0.29, 0.717) is 25.8 Å². The van der Waals surface area contributed by atoms with Gasteiger partial charge in [0.15, 0.2) is 6.61 Å². The Morgan fingerprint density at radius 3 is 2.35 bits per heavy atom. The monoisotopic (exact) mass is 434 g/mol. The summed E-state index contributed by atoms with van der Waals surface area (Å²) < 4.78 is 5.36. The zero-order valence-corrected chi connectivity index (χ0v) is 16.6. The number of para-hydroxylation sites is 1. The maximum absolute atomic E-state index is 12.1. The van der Waals surface area contributed by atoms with E-state index in [0.717, 1.165) is 0 Å². The molecule has 0 aliphatic carbocycles. The summed E-state index contributed by atoms with van der Waals surface area (Å²) >= 11 is 23.8. The summed E-state index contributed by atoms with van der Waals surface area (Å²) in [6, 6.07) is 9.53. The van der Waals surface area contributed by atoms with Crippen LogP contribution in [0.3, 0.4) is 0 Å². The van der Waals surface area contributed by atoms with Gasteiger partial charge in [0, 0.05) is 18.1 Å². The molecular weight excluding hydrogens is 422 g/mol. The van der Waals surface area contributed by atoms with E-state index in [-0.39, 0.29) is 18.9 Å². The molecule has 2 rings (SSSR count). The van der Waals surface area contributed by atoms with Gasteiger partial charge in [0.25, 0.3) is 5.91 Å². The van der Waals surface area contributed by atoms with Gasteiger partial charge in [-0.15, -0.1) is 0 Å². The molecule has 2 aromatic rings. The van der Waals surface area contributed by atoms with Crippen molar-refractivity contribution in [1.82, 2.24) is 4.90 Å². The minimum Gasteiger partial charge on any atom is -0.482 e. The number of hydrogen-bond acceptors (Lipinski definition) is 3. The third kappa shape index (κ3) is 5.68. The average molecular weight is 436 g/mol. The Morgan fingerprint density at radius 1 is 1.04 bits per heavy atom. The summed E-state index contributed by atoms with van der Waals surface area (Å²) in [6.07, 6.45) is 0. The molecule has 0 heterocycles. The number of halogens is 4. The standard InChI is InChI=1S/C17H14Cl4N2O3/c1-23(8-15(24)22-17-12(20)3-2-4-13(17)21)16(25)9-26-14-7-10(18)5-6-11(14)19/h2-7H,8-9H2,1H3,(H,22,24). The number of rotatable bonds is 6. The molecule has 138 valence electrons. The molecule has 0 spiro atoms. The molecule has 0 aliphatic rings. The van der Waals surface area contributed by atoms with Crippen molar-refractivity contribution >= 4 is 63.9 Å². The van der Waals surface area contributed by atoms with Crippen molar-refractivity contribution in [3.05, 3.63) is 56.5 Å². The second-order valence-electron chi connectivity index (χ2n) is 5.26. The van der Waals surface area contributed by atoms with Gasteiger partial charge < -0.3 is 15.0 Å². The molecule has 0 aliphatic heterocycles. The highest BCUT2D eigenvalue weighted by atomic mass is 35.5. The minimum absolute atomic E-state index is 0.201. The van der Waals surface area contributed by atoms with Gasteiger partial charge in [-0.1, -0.05) is 52.5 Å². The van der Waals surface area contributed by atoms with Gasteiger partial charge in [0.05, 0.1) is 27.3 Å². The molecule has 0 atom stereocenters. The first kappa shape index (κ1) is 20.6. The van der Waals surface area contributed by atoms with Gasteiger partial charge in [-0.25, -0.2) is 0 Å². The molecule has 2 aromatic carbocycles. The van der Waals surface area contributed by atoms with Gasteiger partial charge in [0.1, 0.15) is 5.75 Å². The van der Waals surface area contributed by atoms with Crippen molar-refractivity contribution in [3.63, 3.8) is 0 Å². The molecule has 0 fully saturated rings. The number of nitrogens with one attached hydrogen (secondary N) is 1. The molecular formula is C17H14Cl4N2O3. The van der Waals surface area contributed by atoms with Gasteiger partial charge in [0.2, 0.25) is 5.91 Å². The van der Waals surface area contributed by atoms with E-state index in [1.165, 1.54) is 18.0 Å². The second kappa shape index (κ2) is 9.33. The number of anilines is 1. The largest absolute Gasteiger partial charge is 0.482 e. The molecule has 0 saturated heterocycles. The van der Waals surface area contributed by atoms with Crippen LogP contribution in [0.2, 0.25) is 20.1 Å². The van der Waals surface area contributed by atoms with Crippen molar-refractivity contribution in [2.45, 2.75) is 0 Å². The SMILES string of the molecule is CN(CC(=O)Nc1c(Cl)cccc1Cl)C(=O)COc1cc(Cl)ccc1Cl. The maximum Gasteiger partial charge on any atom is 0.260 e. The normalized spacial score (nSPS) is 10.3. The average Bonchev–Trinajstić information content (AvgIpc) is 2.58. The molecule has 0 unspecified atom stereocenters. The van der Waals surface area contributed by atoms with E-state index in [1.54, 1.807) is 30.3 Å². The fourth-order valence-electron chi connectivity index (χ4n) is 1.94. The smallest absolute Gasteiger partial charge is 0.260 e. The van der Waals surface area contributed by atoms with Crippen LogP contribution in [0.5, 0.6) is 5.75 Å². The Morgan fingerprint density at radius 2 is 1.69 bits per heavy atom. The number of ether oxygens (including phenoxy) is 1. The zero-order valence-electron chi connectivity index (χ0n) is 13.6. The van der Waals surface area contributed by atoms with Crippen molar-refractivity contribution < 1.29 is 14.3 Å². The van der Waals surface area contributed by atoms with E-state index >= 15 is 0 Å². The van der Waals surface area contributed by atoms with Gasteiger partial charge in [-0.05, 0) is 24.3 Å². The Balaban J connectivity index is 1.90. The molecule has 0 radical (unpaired) electrons. The maximum atomic E-state index is 12.1. The number of amides is 2. The van der Waals surface area contributed by atoms with Crippen molar-refractivity contribution in [2.24, 2.45) is 0 Å². The Bertz CT molecular complexity index is 809. The topological polar surface area (TPSA) is 58.6 Å². The number of hydrogen-bond donors (Lipinski definition) is 1.